The molecule has 18 heavy (non-hydrogen) atoms. The predicted molar refractivity (Wildman–Crippen MR) is 71.8 cm³/mol. The van der Waals surface area contributed by atoms with Gasteiger partial charge in [-0.15, -0.1) is 0 Å². The van der Waals surface area contributed by atoms with Gasteiger partial charge in [0.25, 0.3) is 0 Å². The molecule has 0 spiro atoms. The third-order valence-electron chi connectivity index (χ3n) is 2.87. The zero-order valence-electron chi connectivity index (χ0n) is 10.5. The van der Waals surface area contributed by atoms with E-state index in [4.69, 9.17) is 5.11 Å². The smallest absolute Gasteiger partial charge is 0.309 e. The Hall–Kier alpha value is -0.940. The van der Waals surface area contributed by atoms with E-state index in [0.717, 1.165) is 0 Å². The second kappa shape index (κ2) is 6.29. The second-order valence-corrected chi connectivity index (χ2v) is 5.67. The van der Waals surface area contributed by atoms with E-state index in [-0.39, 0.29) is 5.82 Å². The van der Waals surface area contributed by atoms with Gasteiger partial charge in [0.15, 0.2) is 0 Å². The number of carbonyl (C=O) groups is 1. The normalized spacial score (nSPS) is 11.6. The fraction of sp³-hybridized carbons (Fsp3) is 0.462. The topological polar surface area (TPSA) is 49.3 Å². The van der Waals surface area contributed by atoms with E-state index in [9.17, 15) is 9.18 Å². The molecule has 0 amide bonds. The summed E-state index contributed by atoms with van der Waals surface area (Å²) in [4.78, 5) is 10.9. The van der Waals surface area contributed by atoms with Gasteiger partial charge in [-0.05, 0) is 38.9 Å². The molecule has 0 aliphatic rings. The van der Waals surface area contributed by atoms with E-state index in [0.29, 0.717) is 29.5 Å². The van der Waals surface area contributed by atoms with Gasteiger partial charge in [0.1, 0.15) is 5.82 Å². The Labute approximate surface area is 115 Å². The number of carboxylic acid groups (broad SMARTS) is 1. The SMILES string of the molecule is CC(C)(CCNCc1c(F)cccc1Br)C(=O)O. The Balaban J connectivity index is 2.46. The minimum absolute atomic E-state index is 0.269. The third-order valence-corrected chi connectivity index (χ3v) is 3.61. The molecule has 0 unspecified atom stereocenters. The molecule has 0 saturated carbocycles. The van der Waals surface area contributed by atoms with E-state index >= 15 is 0 Å². The molecule has 0 aliphatic heterocycles. The molecular weight excluding hydrogens is 301 g/mol. The van der Waals surface area contributed by atoms with Crippen molar-refractivity contribution in [2.45, 2.75) is 26.8 Å². The lowest BCUT2D eigenvalue weighted by molar-refractivity contribution is -0.147. The standard InChI is InChI=1S/C13H17BrFNO2/c1-13(2,12(17)18)6-7-16-8-9-10(14)4-3-5-11(9)15/h3-5,16H,6-8H2,1-2H3,(H,17,18). The lowest BCUT2D eigenvalue weighted by Crippen LogP contribution is -2.29. The lowest BCUT2D eigenvalue weighted by Gasteiger charge is -2.19. The summed E-state index contributed by atoms with van der Waals surface area (Å²) in [7, 11) is 0. The average Bonchev–Trinajstić information content (AvgIpc) is 2.27. The monoisotopic (exact) mass is 317 g/mol. The van der Waals surface area contributed by atoms with Crippen molar-refractivity contribution in [1.82, 2.24) is 5.32 Å². The minimum Gasteiger partial charge on any atom is -0.481 e. The Morgan fingerprint density at radius 3 is 2.72 bits per heavy atom. The second-order valence-electron chi connectivity index (χ2n) is 4.82. The average molecular weight is 318 g/mol. The molecule has 1 aromatic carbocycles. The first-order valence-electron chi connectivity index (χ1n) is 5.71. The van der Waals surface area contributed by atoms with Crippen molar-refractivity contribution in [3.63, 3.8) is 0 Å². The van der Waals surface area contributed by atoms with Gasteiger partial charge < -0.3 is 10.4 Å². The van der Waals surface area contributed by atoms with E-state index in [2.05, 4.69) is 21.2 Å². The van der Waals surface area contributed by atoms with Crippen molar-refractivity contribution in [2.24, 2.45) is 5.41 Å². The molecule has 1 aromatic rings. The third kappa shape index (κ3) is 4.07. The van der Waals surface area contributed by atoms with Crippen LogP contribution in [0.15, 0.2) is 22.7 Å². The Morgan fingerprint density at radius 2 is 2.17 bits per heavy atom. The first kappa shape index (κ1) is 15.1. The molecule has 0 saturated heterocycles. The minimum atomic E-state index is -0.823. The fourth-order valence-corrected chi connectivity index (χ4v) is 1.90. The number of halogens is 2. The van der Waals surface area contributed by atoms with E-state index in [1.807, 2.05) is 0 Å². The highest BCUT2D eigenvalue weighted by molar-refractivity contribution is 9.10. The van der Waals surface area contributed by atoms with Gasteiger partial charge in [0.05, 0.1) is 5.41 Å². The molecule has 2 N–H and O–H groups in total. The first-order valence-corrected chi connectivity index (χ1v) is 6.51. The van der Waals surface area contributed by atoms with Crippen LogP contribution in [0, 0.1) is 11.2 Å². The summed E-state index contributed by atoms with van der Waals surface area (Å²) >= 11 is 3.29. The zero-order chi connectivity index (χ0) is 13.8. The molecule has 5 heteroatoms. The number of rotatable bonds is 6. The molecule has 1 rings (SSSR count). The Morgan fingerprint density at radius 1 is 1.50 bits per heavy atom. The van der Waals surface area contributed by atoms with Gasteiger partial charge in [-0.3, -0.25) is 4.79 Å². The predicted octanol–water partition coefficient (Wildman–Crippen LogP) is 3.18. The zero-order valence-corrected chi connectivity index (χ0v) is 12.1. The molecule has 0 aliphatic carbocycles. The summed E-state index contributed by atoms with van der Waals surface area (Å²) in [6, 6.07) is 4.82. The quantitative estimate of drug-likeness (QED) is 0.792. The van der Waals surface area contributed by atoms with Crippen LogP contribution in [0.5, 0.6) is 0 Å². The molecule has 0 bridgehead atoms. The van der Waals surface area contributed by atoms with Crippen LogP contribution >= 0.6 is 15.9 Å². The summed E-state index contributed by atoms with van der Waals surface area (Å²) < 4.78 is 14.2. The van der Waals surface area contributed by atoms with Crippen molar-refractivity contribution >= 4 is 21.9 Å². The number of benzene rings is 1. The maximum absolute atomic E-state index is 13.5. The highest BCUT2D eigenvalue weighted by atomic mass is 79.9. The number of carboxylic acids is 1. The van der Waals surface area contributed by atoms with E-state index in [1.54, 1.807) is 26.0 Å². The number of nitrogens with one attached hydrogen (secondary N) is 1. The van der Waals surface area contributed by atoms with Crippen LogP contribution in [0.2, 0.25) is 0 Å². The van der Waals surface area contributed by atoms with Gasteiger partial charge in [-0.25, -0.2) is 4.39 Å². The first-order chi connectivity index (χ1) is 8.34. The maximum Gasteiger partial charge on any atom is 0.309 e. The van der Waals surface area contributed by atoms with Crippen molar-refractivity contribution in [2.75, 3.05) is 6.54 Å². The van der Waals surface area contributed by atoms with Crippen LogP contribution in [0.3, 0.4) is 0 Å². The summed E-state index contributed by atoms with van der Waals surface area (Å²) in [6.07, 6.45) is 0.494. The fourth-order valence-electron chi connectivity index (χ4n) is 1.42. The van der Waals surface area contributed by atoms with Crippen LogP contribution in [-0.2, 0) is 11.3 Å². The molecule has 0 heterocycles. The molecule has 100 valence electrons. The molecule has 3 nitrogen and oxygen atoms in total. The summed E-state index contributed by atoms with van der Waals surface area (Å²) in [5.41, 5.74) is -0.204. The van der Waals surface area contributed by atoms with Crippen LogP contribution in [0.1, 0.15) is 25.8 Å². The summed E-state index contributed by atoms with van der Waals surface area (Å²) in [6.45, 7) is 4.26. The summed E-state index contributed by atoms with van der Waals surface area (Å²) in [5.74, 6) is -1.09. The van der Waals surface area contributed by atoms with Gasteiger partial charge >= 0.3 is 5.97 Å². The lowest BCUT2D eigenvalue weighted by atomic mass is 9.90. The van der Waals surface area contributed by atoms with Gasteiger partial charge in [0, 0.05) is 16.6 Å². The molecular formula is C13H17BrFNO2. The van der Waals surface area contributed by atoms with Crippen molar-refractivity contribution in [3.05, 3.63) is 34.1 Å². The Bertz CT molecular complexity index is 415. The van der Waals surface area contributed by atoms with Crippen LogP contribution in [-0.4, -0.2) is 17.6 Å². The van der Waals surface area contributed by atoms with Gasteiger partial charge in [0.2, 0.25) is 0 Å². The number of hydrogen-bond donors (Lipinski definition) is 2. The molecule has 0 atom stereocenters. The van der Waals surface area contributed by atoms with E-state index < -0.39 is 11.4 Å². The largest absolute Gasteiger partial charge is 0.481 e. The van der Waals surface area contributed by atoms with Crippen molar-refractivity contribution < 1.29 is 14.3 Å². The van der Waals surface area contributed by atoms with Crippen molar-refractivity contribution in [3.8, 4) is 0 Å². The van der Waals surface area contributed by atoms with E-state index in [1.165, 1.54) is 6.07 Å². The van der Waals surface area contributed by atoms with Gasteiger partial charge in [-0.1, -0.05) is 22.0 Å². The van der Waals surface area contributed by atoms with Crippen LogP contribution < -0.4 is 5.32 Å². The Kier molecular flexibility index (Phi) is 5.28. The highest BCUT2D eigenvalue weighted by Crippen LogP contribution is 2.21. The van der Waals surface area contributed by atoms with Crippen LogP contribution in [0.25, 0.3) is 0 Å². The number of hydrogen-bond acceptors (Lipinski definition) is 2. The maximum atomic E-state index is 13.5. The summed E-state index contributed by atoms with van der Waals surface area (Å²) in [5, 5.41) is 12.0. The molecule has 0 aromatic heterocycles. The number of aliphatic carboxylic acids is 1. The van der Waals surface area contributed by atoms with Gasteiger partial charge in [-0.2, -0.15) is 0 Å². The molecule has 0 fully saturated rings. The van der Waals surface area contributed by atoms with Crippen LogP contribution in [0.4, 0.5) is 4.39 Å². The molecule has 0 radical (unpaired) electrons. The highest BCUT2D eigenvalue weighted by Gasteiger charge is 2.26. The van der Waals surface area contributed by atoms with Crippen molar-refractivity contribution in [1.29, 1.82) is 0 Å².